The molecule has 12 atom stereocenters. The largest absolute Gasteiger partial charge is 0.479 e. The van der Waals surface area contributed by atoms with Gasteiger partial charge < -0.3 is 61.0 Å². The van der Waals surface area contributed by atoms with Gasteiger partial charge in [-0.25, -0.2) is 15.0 Å². The van der Waals surface area contributed by atoms with E-state index in [1.54, 1.807) is 26.0 Å². The van der Waals surface area contributed by atoms with Crippen LogP contribution in [-0.4, -0.2) is 127 Å². The van der Waals surface area contributed by atoms with E-state index in [4.69, 9.17) is 25.1 Å². The fourth-order valence-corrected chi connectivity index (χ4v) is 4.69. The molecule has 0 aromatic heterocycles. The van der Waals surface area contributed by atoms with E-state index < -0.39 is 104 Å². The van der Waals surface area contributed by atoms with E-state index in [2.05, 4.69) is 5.32 Å². The van der Waals surface area contributed by atoms with Crippen molar-refractivity contribution >= 4 is 17.9 Å². The fraction of sp³-hybridized carbons (Fsp3) is 0.792. The van der Waals surface area contributed by atoms with Crippen LogP contribution in [0.5, 0.6) is 0 Å². The first-order valence-electron chi connectivity index (χ1n) is 13.1. The topological polar surface area (TPSA) is 283 Å². The Kier molecular flexibility index (Phi) is 12.8. The predicted molar refractivity (Wildman–Crippen MR) is 137 cm³/mol. The van der Waals surface area contributed by atoms with Gasteiger partial charge in [0, 0.05) is 19.3 Å². The van der Waals surface area contributed by atoms with Gasteiger partial charge in [0.15, 0.2) is 18.2 Å². The highest BCUT2D eigenvalue weighted by Gasteiger charge is 2.48. The first-order valence-corrected chi connectivity index (χ1v) is 13.1. The molecule has 2 saturated heterocycles. The number of carboxylic acid groups (broad SMARTS) is 1. The molecule has 12 N–H and O–H groups in total. The van der Waals surface area contributed by atoms with Crippen molar-refractivity contribution in [1.29, 1.82) is 0 Å². The van der Waals surface area contributed by atoms with Crippen molar-refractivity contribution in [3.8, 4) is 0 Å². The van der Waals surface area contributed by atoms with E-state index >= 15 is 0 Å². The smallest absolute Gasteiger partial charge is 0.333 e. The zero-order valence-corrected chi connectivity index (χ0v) is 23.0. The number of carbonyl (C=O) groups excluding carboxylic acids is 2. The molecule has 17 nitrogen and oxygen atoms in total. The molecular weight excluding hydrogens is 552 g/mol. The van der Waals surface area contributed by atoms with Gasteiger partial charge in [0.05, 0.1) is 55.1 Å². The molecule has 2 aliphatic heterocycles. The van der Waals surface area contributed by atoms with Gasteiger partial charge in [0.25, 0.3) is 0 Å². The van der Waals surface area contributed by atoms with Crippen molar-refractivity contribution in [2.75, 3.05) is 0 Å². The van der Waals surface area contributed by atoms with E-state index in [0.717, 1.165) is 0 Å². The average Bonchev–Trinajstić information content (AvgIpc) is 2.86. The Balaban J connectivity index is 2.19. The van der Waals surface area contributed by atoms with Crippen molar-refractivity contribution in [2.24, 2.45) is 5.73 Å². The average molecular weight is 595 g/mol. The lowest BCUT2D eigenvalue weighted by atomic mass is 9.88. The number of hydrogen-bond donors (Lipinski definition) is 11. The molecule has 0 radical (unpaired) electrons. The fourth-order valence-electron chi connectivity index (χ4n) is 4.69. The summed E-state index contributed by atoms with van der Waals surface area (Å²) in [5.74, 6) is -4.63. The van der Waals surface area contributed by atoms with Crippen LogP contribution < -0.4 is 21.9 Å². The highest BCUT2D eigenvalue weighted by Crippen LogP contribution is 2.34. The number of carbonyl (C=O) groups is 3. The minimum Gasteiger partial charge on any atom is -0.479 e. The number of nitrogens with one attached hydrogen (secondary N) is 3. The van der Waals surface area contributed by atoms with Gasteiger partial charge in [0.1, 0.15) is 6.10 Å². The molecule has 2 aliphatic rings. The number of urea groups is 1. The molecule has 17 heteroatoms. The summed E-state index contributed by atoms with van der Waals surface area (Å²) in [5.41, 5.74) is 9.78. The zero-order valence-electron chi connectivity index (χ0n) is 23.0. The number of nitrogens with two attached hydrogens (primary N) is 1. The highest BCUT2D eigenvalue weighted by atomic mass is 16.7. The van der Waals surface area contributed by atoms with Gasteiger partial charge in [-0.15, -0.1) is 0 Å². The third-order valence-corrected chi connectivity index (χ3v) is 6.68. The summed E-state index contributed by atoms with van der Waals surface area (Å²) in [6.07, 6.45) is -9.51. The lowest BCUT2D eigenvalue weighted by Crippen LogP contribution is -2.64. The van der Waals surface area contributed by atoms with Crippen LogP contribution in [0.25, 0.3) is 0 Å². The first kappa shape index (κ1) is 34.7. The summed E-state index contributed by atoms with van der Waals surface area (Å²) in [7, 11) is 0. The monoisotopic (exact) mass is 594 g/mol. The molecule has 0 aliphatic carbocycles. The summed E-state index contributed by atoms with van der Waals surface area (Å²) in [6.45, 7) is 4.64. The molecular formula is C24H42N4O13. The first-order chi connectivity index (χ1) is 19.1. The van der Waals surface area contributed by atoms with Crippen LogP contribution in [0.2, 0.25) is 0 Å². The number of allylic oxidation sites excluding steroid dienone is 1. The van der Waals surface area contributed by atoms with Crippen LogP contribution in [0.15, 0.2) is 12.2 Å². The summed E-state index contributed by atoms with van der Waals surface area (Å²) < 4.78 is 17.3. The van der Waals surface area contributed by atoms with Crippen molar-refractivity contribution in [3.05, 3.63) is 12.2 Å². The highest BCUT2D eigenvalue weighted by molar-refractivity contribution is 5.85. The maximum Gasteiger partial charge on any atom is 0.333 e. The molecule has 0 aromatic carbocycles. The van der Waals surface area contributed by atoms with Crippen LogP contribution in [0.1, 0.15) is 46.5 Å². The summed E-state index contributed by atoms with van der Waals surface area (Å²) in [6, 6.07) is -3.31. The van der Waals surface area contributed by atoms with Crippen molar-refractivity contribution in [2.45, 2.75) is 119 Å². The van der Waals surface area contributed by atoms with E-state index in [-0.39, 0.29) is 12.8 Å². The number of ether oxygens (including phenoxy) is 3. The number of carboxylic acids is 1. The molecule has 2 fully saturated rings. The van der Waals surface area contributed by atoms with Gasteiger partial charge in [-0.3, -0.25) is 10.2 Å². The Morgan fingerprint density at radius 3 is 2.41 bits per heavy atom. The summed E-state index contributed by atoms with van der Waals surface area (Å²) in [4.78, 5) is 35.0. The van der Waals surface area contributed by atoms with Gasteiger partial charge in [-0.1, -0.05) is 12.2 Å². The standard InChI is InChI=1S/C24H42N4O13/c1-4-5-12(40-22-20(34)17(25)19(33)11(3)39-22)6-15-18(14(31)9-24(38,41-15)8-10(2)29)26-23(37)28-27-16(32)7-13(30)21(35)36/h4-5,10-15,17-20,22,29-31,33-34,38H,6-9,25H2,1-3H3,(H,27,32)(H,35,36)(H2,26,28,37)/b5-4+/t10-,11+,12-,13+,14-,15-,17-,18+,19+,20-,22-,24+/m0/s1. The second-order valence-electron chi connectivity index (χ2n) is 10.4. The second-order valence-corrected chi connectivity index (χ2v) is 10.4. The van der Waals surface area contributed by atoms with E-state index in [9.17, 15) is 45.0 Å². The van der Waals surface area contributed by atoms with Crippen LogP contribution in [-0.2, 0) is 23.8 Å². The normalized spacial score (nSPS) is 36.2. The van der Waals surface area contributed by atoms with Crippen molar-refractivity contribution in [3.63, 3.8) is 0 Å². The lowest BCUT2D eigenvalue weighted by molar-refractivity contribution is -0.302. The number of hydrazine groups is 1. The van der Waals surface area contributed by atoms with Gasteiger partial charge >= 0.3 is 12.0 Å². The Labute approximate surface area is 236 Å². The lowest BCUT2D eigenvalue weighted by Gasteiger charge is -2.46. The SMILES string of the molecule is C/C=C/[C@@H](C[C@@H]1O[C@](O)(C[C@H](C)O)C[C@H](O)[C@H]1NC(=O)NNC(=O)C[C@@H](O)C(=O)O)O[C@@H]1O[C@H](C)[C@@H](O)[C@H](N)[C@@H]1O. The molecule has 0 aromatic rings. The maximum absolute atomic E-state index is 12.5. The number of rotatable bonds is 11. The number of aliphatic hydroxyl groups excluding tert-OH is 5. The molecule has 0 spiro atoms. The minimum absolute atomic E-state index is 0.135. The molecule has 0 unspecified atom stereocenters. The third-order valence-electron chi connectivity index (χ3n) is 6.68. The second kappa shape index (κ2) is 15.1. The van der Waals surface area contributed by atoms with Crippen LogP contribution >= 0.6 is 0 Å². The van der Waals surface area contributed by atoms with Crippen molar-refractivity contribution < 1.29 is 64.3 Å². The Bertz CT molecular complexity index is 924. The minimum atomic E-state index is -1.99. The summed E-state index contributed by atoms with van der Waals surface area (Å²) >= 11 is 0. The van der Waals surface area contributed by atoms with Gasteiger partial charge in [-0.05, 0) is 20.8 Å². The van der Waals surface area contributed by atoms with Gasteiger partial charge in [0.2, 0.25) is 5.91 Å². The number of hydrogen-bond acceptors (Lipinski definition) is 13. The Hall–Kier alpha value is -2.45. The molecule has 0 bridgehead atoms. The van der Waals surface area contributed by atoms with Crippen molar-refractivity contribution in [1.82, 2.24) is 16.2 Å². The predicted octanol–water partition coefficient (Wildman–Crippen LogP) is -3.72. The Morgan fingerprint density at radius 2 is 1.83 bits per heavy atom. The molecule has 2 rings (SSSR count). The molecule has 41 heavy (non-hydrogen) atoms. The van der Waals surface area contributed by atoms with Crippen LogP contribution in [0.4, 0.5) is 4.79 Å². The molecule has 236 valence electrons. The summed E-state index contributed by atoms with van der Waals surface area (Å²) in [5, 5.41) is 72.6. The van der Waals surface area contributed by atoms with Crippen LogP contribution in [0.3, 0.4) is 0 Å². The Morgan fingerprint density at radius 1 is 1.17 bits per heavy atom. The van der Waals surface area contributed by atoms with E-state index in [0.29, 0.717) is 0 Å². The maximum atomic E-state index is 12.5. The molecule has 2 heterocycles. The number of aliphatic hydroxyl groups is 6. The number of aliphatic carboxylic acids is 1. The zero-order chi connectivity index (χ0) is 31.1. The van der Waals surface area contributed by atoms with E-state index in [1.807, 2.05) is 10.9 Å². The van der Waals surface area contributed by atoms with Gasteiger partial charge in [-0.2, -0.15) is 0 Å². The molecule has 3 amide bonds. The third kappa shape index (κ3) is 10.1. The van der Waals surface area contributed by atoms with Crippen LogP contribution in [0, 0.1) is 0 Å². The quantitative estimate of drug-likeness (QED) is 0.0810. The number of amides is 3. The molecule has 0 saturated carbocycles. The van der Waals surface area contributed by atoms with E-state index in [1.165, 1.54) is 6.92 Å².